The van der Waals surface area contributed by atoms with Crippen molar-refractivity contribution in [2.24, 2.45) is 5.10 Å². The number of aromatic amines is 2. The lowest BCUT2D eigenvalue weighted by Gasteiger charge is -2.03. The number of aromatic nitrogens is 2. The maximum absolute atomic E-state index is 11.8. The zero-order chi connectivity index (χ0) is 17.9. The van der Waals surface area contributed by atoms with Crippen LogP contribution in [-0.4, -0.2) is 27.2 Å². The number of hydrogen-bond acceptors (Lipinski definition) is 5. The van der Waals surface area contributed by atoms with E-state index in [4.69, 9.17) is 23.2 Å². The topological polar surface area (TPSA) is 127 Å². The molecule has 0 aliphatic carbocycles. The number of nitrogens with zero attached hydrogens (tertiary/aromatic N) is 1. The van der Waals surface area contributed by atoms with Crippen LogP contribution in [0, 0.1) is 6.92 Å². The van der Waals surface area contributed by atoms with Crippen molar-refractivity contribution < 1.29 is 9.90 Å². The molecule has 8 nitrogen and oxygen atoms in total. The molecule has 126 valence electrons. The summed E-state index contributed by atoms with van der Waals surface area (Å²) in [6.45, 7) is 1.52. The van der Waals surface area contributed by atoms with Crippen LogP contribution < -0.4 is 16.7 Å². The van der Waals surface area contributed by atoms with E-state index in [2.05, 4.69) is 15.5 Å². The van der Waals surface area contributed by atoms with E-state index in [0.717, 1.165) is 0 Å². The first-order valence-corrected chi connectivity index (χ1v) is 7.35. The number of halogens is 2. The van der Waals surface area contributed by atoms with Gasteiger partial charge in [-0.15, -0.1) is 0 Å². The molecule has 2 rings (SSSR count). The molecule has 0 saturated heterocycles. The summed E-state index contributed by atoms with van der Waals surface area (Å²) < 4.78 is 0. The van der Waals surface area contributed by atoms with Crippen LogP contribution >= 0.6 is 23.2 Å². The Labute approximate surface area is 145 Å². The minimum Gasteiger partial charge on any atom is -0.505 e. The SMILES string of the molecule is Cc1[nH]c(=O)[nH]c(=O)c1CC(=O)N/N=C\c1cc(Cl)c(O)c(Cl)c1. The number of hydrazone groups is 1. The van der Waals surface area contributed by atoms with Gasteiger partial charge in [0.25, 0.3) is 5.56 Å². The smallest absolute Gasteiger partial charge is 0.325 e. The van der Waals surface area contributed by atoms with Crippen LogP contribution in [0.4, 0.5) is 0 Å². The molecule has 2 aromatic rings. The maximum atomic E-state index is 11.8. The van der Waals surface area contributed by atoms with Crippen LogP contribution in [0.3, 0.4) is 0 Å². The molecule has 1 aromatic heterocycles. The first kappa shape index (κ1) is 17.8. The summed E-state index contributed by atoms with van der Waals surface area (Å²) >= 11 is 11.5. The first-order valence-electron chi connectivity index (χ1n) is 6.60. The Kier molecular flexibility index (Phi) is 5.42. The van der Waals surface area contributed by atoms with E-state index >= 15 is 0 Å². The van der Waals surface area contributed by atoms with Crippen molar-refractivity contribution in [3.8, 4) is 5.75 Å². The number of phenolic OH excluding ortho intramolecular Hbond substituents is 1. The fraction of sp³-hybridized carbons (Fsp3) is 0.143. The van der Waals surface area contributed by atoms with Crippen molar-refractivity contribution >= 4 is 35.3 Å². The molecule has 0 spiro atoms. The van der Waals surface area contributed by atoms with Gasteiger partial charge in [-0.1, -0.05) is 23.2 Å². The van der Waals surface area contributed by atoms with Crippen molar-refractivity contribution in [3.05, 3.63) is 59.8 Å². The number of hydrogen-bond donors (Lipinski definition) is 4. The van der Waals surface area contributed by atoms with Gasteiger partial charge in [-0.05, 0) is 24.6 Å². The molecule has 0 bridgehead atoms. The zero-order valence-corrected chi connectivity index (χ0v) is 13.8. The summed E-state index contributed by atoms with van der Waals surface area (Å²) in [4.78, 5) is 39.0. The summed E-state index contributed by atoms with van der Waals surface area (Å²) in [5.74, 6) is -0.796. The second-order valence-electron chi connectivity index (χ2n) is 4.81. The molecule has 0 aliphatic rings. The van der Waals surface area contributed by atoms with E-state index in [-0.39, 0.29) is 27.8 Å². The molecule has 0 fully saturated rings. The predicted octanol–water partition coefficient (Wildman–Crippen LogP) is 1.08. The molecule has 0 radical (unpaired) electrons. The van der Waals surface area contributed by atoms with Gasteiger partial charge in [0.15, 0.2) is 5.75 Å². The molecular formula is C14H12Cl2N4O4. The molecule has 0 unspecified atom stereocenters. The number of amides is 1. The second kappa shape index (κ2) is 7.33. The summed E-state index contributed by atoms with van der Waals surface area (Å²) in [7, 11) is 0. The van der Waals surface area contributed by atoms with Gasteiger partial charge in [0.1, 0.15) is 0 Å². The molecule has 4 N–H and O–H groups in total. The zero-order valence-electron chi connectivity index (χ0n) is 12.3. The molecule has 0 atom stereocenters. The normalized spacial score (nSPS) is 11.0. The van der Waals surface area contributed by atoms with Crippen molar-refractivity contribution in [2.45, 2.75) is 13.3 Å². The number of carbonyl (C=O) groups is 1. The Morgan fingerprint density at radius 1 is 1.29 bits per heavy atom. The lowest BCUT2D eigenvalue weighted by molar-refractivity contribution is -0.120. The van der Waals surface area contributed by atoms with Gasteiger partial charge >= 0.3 is 5.69 Å². The number of phenols is 1. The summed E-state index contributed by atoms with van der Waals surface area (Å²) in [6.07, 6.45) is 1.02. The largest absolute Gasteiger partial charge is 0.505 e. The Bertz CT molecular complexity index is 910. The van der Waals surface area contributed by atoms with Crippen LogP contribution in [0.2, 0.25) is 10.0 Å². The Balaban J connectivity index is 2.06. The minimum atomic E-state index is -0.638. The Morgan fingerprint density at radius 3 is 2.50 bits per heavy atom. The predicted molar refractivity (Wildman–Crippen MR) is 90.0 cm³/mol. The summed E-state index contributed by atoms with van der Waals surface area (Å²) in [5, 5.41) is 13.3. The fourth-order valence-corrected chi connectivity index (χ4v) is 2.38. The average Bonchev–Trinajstić information content (AvgIpc) is 2.48. The van der Waals surface area contributed by atoms with Crippen LogP contribution in [0.25, 0.3) is 0 Å². The maximum Gasteiger partial charge on any atom is 0.325 e. The number of benzene rings is 1. The number of nitrogens with one attached hydrogen (secondary N) is 3. The number of rotatable bonds is 4. The van der Waals surface area contributed by atoms with E-state index in [1.807, 2.05) is 4.98 Å². The third-order valence-corrected chi connectivity index (χ3v) is 3.61. The molecular weight excluding hydrogens is 359 g/mol. The van der Waals surface area contributed by atoms with E-state index in [0.29, 0.717) is 11.3 Å². The lowest BCUT2D eigenvalue weighted by Crippen LogP contribution is -2.30. The van der Waals surface area contributed by atoms with Crippen LogP contribution in [0.1, 0.15) is 16.8 Å². The molecule has 1 amide bonds. The fourth-order valence-electron chi connectivity index (χ4n) is 1.88. The molecule has 0 aliphatic heterocycles. The second-order valence-corrected chi connectivity index (χ2v) is 5.63. The standard InChI is InChI=1S/C14H12Cl2N4O4/c1-6-8(13(23)19-14(24)18-6)4-11(21)20-17-5-7-2-9(15)12(22)10(16)3-7/h2-3,5,22H,4H2,1H3,(H,20,21)(H2,18,19,23,24)/b17-5-. The third kappa shape index (κ3) is 4.24. The molecule has 10 heteroatoms. The molecule has 24 heavy (non-hydrogen) atoms. The Hall–Kier alpha value is -2.58. The van der Waals surface area contributed by atoms with Gasteiger partial charge in [-0.2, -0.15) is 5.10 Å². The number of carbonyl (C=O) groups excluding carboxylic acids is 1. The molecule has 0 saturated carbocycles. The van der Waals surface area contributed by atoms with Crippen LogP contribution in [-0.2, 0) is 11.2 Å². The molecule has 1 aromatic carbocycles. The van der Waals surface area contributed by atoms with E-state index in [1.54, 1.807) is 0 Å². The van der Waals surface area contributed by atoms with E-state index in [9.17, 15) is 19.5 Å². The summed E-state index contributed by atoms with van der Waals surface area (Å²) in [6, 6.07) is 2.82. The van der Waals surface area contributed by atoms with Gasteiger partial charge in [0, 0.05) is 11.3 Å². The van der Waals surface area contributed by atoms with Crippen molar-refractivity contribution in [1.82, 2.24) is 15.4 Å². The lowest BCUT2D eigenvalue weighted by atomic mass is 10.1. The number of H-pyrrole nitrogens is 2. The van der Waals surface area contributed by atoms with Crippen LogP contribution in [0.5, 0.6) is 5.75 Å². The van der Waals surface area contributed by atoms with Gasteiger partial charge in [0.2, 0.25) is 5.91 Å². The average molecular weight is 371 g/mol. The van der Waals surface area contributed by atoms with Crippen molar-refractivity contribution in [1.29, 1.82) is 0 Å². The van der Waals surface area contributed by atoms with Gasteiger partial charge < -0.3 is 10.1 Å². The number of aromatic hydroxyl groups is 1. The van der Waals surface area contributed by atoms with Crippen molar-refractivity contribution in [2.75, 3.05) is 0 Å². The van der Waals surface area contributed by atoms with E-state index < -0.39 is 17.2 Å². The number of aryl methyl sites for hydroxylation is 1. The highest BCUT2D eigenvalue weighted by Gasteiger charge is 2.11. The highest BCUT2D eigenvalue weighted by atomic mass is 35.5. The first-order chi connectivity index (χ1) is 11.3. The van der Waals surface area contributed by atoms with Crippen LogP contribution in [0.15, 0.2) is 26.8 Å². The monoisotopic (exact) mass is 370 g/mol. The molecule has 1 heterocycles. The van der Waals surface area contributed by atoms with Gasteiger partial charge in [0.05, 0.1) is 22.7 Å². The van der Waals surface area contributed by atoms with Gasteiger partial charge in [-0.25, -0.2) is 10.2 Å². The minimum absolute atomic E-state index is 0.0469. The van der Waals surface area contributed by atoms with Crippen molar-refractivity contribution in [3.63, 3.8) is 0 Å². The highest BCUT2D eigenvalue weighted by Crippen LogP contribution is 2.32. The third-order valence-electron chi connectivity index (χ3n) is 3.03. The summed E-state index contributed by atoms with van der Waals surface area (Å²) in [5.41, 5.74) is 1.87. The Morgan fingerprint density at radius 2 is 1.92 bits per heavy atom. The van der Waals surface area contributed by atoms with Gasteiger partial charge in [-0.3, -0.25) is 14.6 Å². The van der Waals surface area contributed by atoms with E-state index in [1.165, 1.54) is 25.3 Å². The highest BCUT2D eigenvalue weighted by molar-refractivity contribution is 6.37. The quantitative estimate of drug-likeness (QED) is 0.474.